The van der Waals surface area contributed by atoms with Crippen LogP contribution in [0.4, 0.5) is 0 Å². The Balaban J connectivity index is 4.04. The molecule has 72 valence electrons. The van der Waals surface area contributed by atoms with Crippen molar-refractivity contribution in [2.75, 3.05) is 0 Å². The Morgan fingerprint density at radius 1 is 1.33 bits per heavy atom. The first kappa shape index (κ1) is 12.9. The molecule has 0 bridgehead atoms. The van der Waals surface area contributed by atoms with Crippen molar-refractivity contribution < 1.29 is 9.90 Å². The van der Waals surface area contributed by atoms with Gasteiger partial charge in [-0.05, 0) is 0 Å². The van der Waals surface area contributed by atoms with Crippen molar-refractivity contribution in [2.24, 2.45) is 0 Å². The zero-order valence-corrected chi connectivity index (χ0v) is 9.39. The Labute approximate surface area is 94.7 Å². The molecule has 1 N–H and O–H groups in total. The maximum Gasteiger partial charge on any atom is 0.323 e. The van der Waals surface area contributed by atoms with Crippen molar-refractivity contribution in [1.29, 1.82) is 0 Å². The summed E-state index contributed by atoms with van der Waals surface area (Å²) in [5.74, 6) is -1.23. The van der Waals surface area contributed by atoms with Gasteiger partial charge >= 0.3 is 5.97 Å². The van der Waals surface area contributed by atoms with Crippen LogP contribution in [-0.2, 0) is 4.79 Å². The number of aliphatic carboxylic acids is 1. The molecule has 0 radical (unpaired) electrons. The highest BCUT2D eigenvalue weighted by atomic mass is 35.6. The third-order valence-electron chi connectivity index (χ3n) is 0.980. The van der Waals surface area contributed by atoms with Gasteiger partial charge in [-0.15, -0.1) is 23.2 Å². The van der Waals surface area contributed by atoms with Crippen LogP contribution in [0.25, 0.3) is 0 Å². The van der Waals surface area contributed by atoms with E-state index >= 15 is 0 Å². The van der Waals surface area contributed by atoms with Crippen molar-refractivity contribution in [3.8, 4) is 0 Å². The predicted molar refractivity (Wildman–Crippen MR) is 51.8 cm³/mol. The fourth-order valence-electron chi connectivity index (χ4n) is 0.479. The summed E-state index contributed by atoms with van der Waals surface area (Å²) in [6.07, 6.45) is -0.111. The summed E-state index contributed by atoms with van der Waals surface area (Å²) in [7, 11) is 0. The van der Waals surface area contributed by atoms with Crippen molar-refractivity contribution in [3.63, 3.8) is 0 Å². The molecule has 7 heteroatoms. The second kappa shape index (κ2) is 4.97. The Kier molecular flexibility index (Phi) is 5.35. The molecule has 0 spiro atoms. The second-order valence-corrected chi connectivity index (χ2v) is 5.62. The van der Waals surface area contributed by atoms with E-state index in [0.717, 1.165) is 0 Å². The average molecular weight is 274 g/mol. The van der Waals surface area contributed by atoms with Gasteiger partial charge in [-0.1, -0.05) is 34.8 Å². The lowest BCUT2D eigenvalue weighted by Crippen LogP contribution is -2.28. The third kappa shape index (κ3) is 5.55. The van der Waals surface area contributed by atoms with E-state index in [-0.39, 0.29) is 6.42 Å². The minimum absolute atomic E-state index is 0.111. The lowest BCUT2D eigenvalue weighted by Gasteiger charge is -2.16. The maximum atomic E-state index is 10.3. The van der Waals surface area contributed by atoms with Crippen molar-refractivity contribution in [2.45, 2.75) is 21.0 Å². The number of hydrogen-bond donors (Lipinski definition) is 1. The van der Waals surface area contributed by atoms with Gasteiger partial charge in [-0.3, -0.25) is 4.79 Å². The molecular formula is C5H5Cl5O2. The number of carbonyl (C=O) groups is 1. The number of hydrogen-bond acceptors (Lipinski definition) is 1. The van der Waals surface area contributed by atoms with Crippen molar-refractivity contribution in [1.82, 2.24) is 0 Å². The van der Waals surface area contributed by atoms with Gasteiger partial charge in [0.2, 0.25) is 0 Å². The summed E-state index contributed by atoms with van der Waals surface area (Å²) < 4.78 is -1.57. The lowest BCUT2D eigenvalue weighted by molar-refractivity contribution is -0.136. The van der Waals surface area contributed by atoms with Crippen LogP contribution in [0.5, 0.6) is 0 Å². The van der Waals surface area contributed by atoms with Gasteiger partial charge in [0.1, 0.15) is 5.38 Å². The zero-order valence-electron chi connectivity index (χ0n) is 5.61. The molecule has 12 heavy (non-hydrogen) atoms. The Hall–Kier alpha value is 0.920. The van der Waals surface area contributed by atoms with E-state index in [9.17, 15) is 4.79 Å². The second-order valence-electron chi connectivity index (χ2n) is 2.08. The molecule has 0 fully saturated rings. The van der Waals surface area contributed by atoms with E-state index in [1.54, 1.807) is 0 Å². The Morgan fingerprint density at radius 3 is 2.00 bits per heavy atom. The summed E-state index contributed by atoms with van der Waals surface area (Å²) in [5.41, 5.74) is 0. The van der Waals surface area contributed by atoms with E-state index < -0.39 is 20.5 Å². The van der Waals surface area contributed by atoms with Crippen LogP contribution < -0.4 is 0 Å². The molecule has 0 aromatic heterocycles. The van der Waals surface area contributed by atoms with E-state index in [4.69, 9.17) is 63.1 Å². The molecule has 0 aromatic rings. The highest BCUT2D eigenvalue weighted by Crippen LogP contribution is 2.34. The quantitative estimate of drug-likeness (QED) is 0.803. The van der Waals surface area contributed by atoms with Crippen LogP contribution in [0, 0.1) is 0 Å². The molecule has 0 saturated carbocycles. The smallest absolute Gasteiger partial charge is 0.323 e. The van der Waals surface area contributed by atoms with Crippen LogP contribution in [0.3, 0.4) is 0 Å². The predicted octanol–water partition coefficient (Wildman–Crippen LogP) is 3.05. The average Bonchev–Trinajstić information content (AvgIpc) is 1.82. The SMILES string of the molecule is O=C(O)C(Cl)C(Cl)CC(Cl)(Cl)Cl. The highest BCUT2D eigenvalue weighted by Gasteiger charge is 2.32. The van der Waals surface area contributed by atoms with Crippen LogP contribution in [-0.4, -0.2) is 25.6 Å². The molecule has 0 amide bonds. The van der Waals surface area contributed by atoms with E-state index in [0.29, 0.717) is 0 Å². The zero-order chi connectivity index (χ0) is 9.94. The number of carboxylic acids is 1. The Morgan fingerprint density at radius 2 is 1.75 bits per heavy atom. The highest BCUT2D eigenvalue weighted by molar-refractivity contribution is 6.67. The van der Waals surface area contributed by atoms with Crippen LogP contribution in [0.2, 0.25) is 0 Å². The molecule has 2 nitrogen and oxygen atoms in total. The first-order valence-corrected chi connectivity index (χ1v) is 4.82. The summed E-state index contributed by atoms with van der Waals surface area (Å²) in [4.78, 5) is 10.3. The number of alkyl halides is 5. The van der Waals surface area contributed by atoms with E-state index in [1.165, 1.54) is 0 Å². The van der Waals surface area contributed by atoms with Gasteiger partial charge in [-0.2, -0.15) is 0 Å². The summed E-state index contributed by atoms with van der Waals surface area (Å²) in [6.45, 7) is 0. The third-order valence-corrected chi connectivity index (χ3v) is 2.47. The topological polar surface area (TPSA) is 37.3 Å². The monoisotopic (exact) mass is 272 g/mol. The van der Waals surface area contributed by atoms with Crippen LogP contribution in [0.1, 0.15) is 6.42 Å². The molecule has 0 aliphatic carbocycles. The van der Waals surface area contributed by atoms with Gasteiger partial charge < -0.3 is 5.11 Å². The van der Waals surface area contributed by atoms with Crippen molar-refractivity contribution >= 4 is 64.0 Å². The number of carboxylic acid groups (broad SMARTS) is 1. The fraction of sp³-hybridized carbons (Fsp3) is 0.800. The molecule has 2 unspecified atom stereocenters. The van der Waals surface area contributed by atoms with Crippen LogP contribution in [0.15, 0.2) is 0 Å². The molecule has 0 heterocycles. The minimum atomic E-state index is -1.57. The first-order chi connectivity index (χ1) is 5.24. The molecule has 0 aliphatic rings. The molecule has 0 saturated heterocycles. The standard InChI is InChI=1S/C5H5Cl5O2/c6-2(1-5(8,9)10)3(7)4(11)12/h2-3H,1H2,(H,11,12). The summed E-state index contributed by atoms with van der Waals surface area (Å²) in [5, 5.41) is 6.25. The van der Waals surface area contributed by atoms with Gasteiger partial charge in [0.15, 0.2) is 3.79 Å². The van der Waals surface area contributed by atoms with E-state index in [2.05, 4.69) is 0 Å². The first-order valence-electron chi connectivity index (χ1n) is 2.81. The molecule has 0 aliphatic heterocycles. The minimum Gasteiger partial charge on any atom is -0.480 e. The normalized spacial score (nSPS) is 17.1. The maximum absolute atomic E-state index is 10.3. The molecule has 0 aromatic carbocycles. The molecule has 0 rings (SSSR count). The number of rotatable bonds is 3. The summed E-state index contributed by atoms with van der Waals surface area (Å²) >= 11 is 27.0. The van der Waals surface area contributed by atoms with E-state index in [1.807, 2.05) is 0 Å². The Bertz CT molecular complexity index is 166. The van der Waals surface area contributed by atoms with Gasteiger partial charge in [0, 0.05) is 6.42 Å². The summed E-state index contributed by atoms with van der Waals surface area (Å²) in [6, 6.07) is 0. The molecular weight excluding hydrogens is 269 g/mol. The largest absolute Gasteiger partial charge is 0.480 e. The van der Waals surface area contributed by atoms with Gasteiger partial charge in [-0.25, -0.2) is 0 Å². The van der Waals surface area contributed by atoms with Gasteiger partial charge in [0.05, 0.1) is 5.38 Å². The fourth-order valence-corrected chi connectivity index (χ4v) is 1.64. The molecule has 2 atom stereocenters. The van der Waals surface area contributed by atoms with Gasteiger partial charge in [0.25, 0.3) is 0 Å². The number of halogens is 5. The van der Waals surface area contributed by atoms with Crippen molar-refractivity contribution in [3.05, 3.63) is 0 Å². The lowest BCUT2D eigenvalue weighted by atomic mass is 10.2. The van der Waals surface area contributed by atoms with Crippen LogP contribution >= 0.6 is 58.0 Å².